The van der Waals surface area contributed by atoms with Gasteiger partial charge in [-0.2, -0.15) is 13.2 Å². The van der Waals surface area contributed by atoms with Gasteiger partial charge in [0.05, 0.1) is 27.8 Å². The Morgan fingerprint density at radius 1 is 1.26 bits per heavy atom. The Morgan fingerprint density at radius 2 is 1.97 bits per heavy atom. The second-order valence-corrected chi connectivity index (χ2v) is 9.28. The largest absolute Gasteiger partial charge is 0.465 e. The van der Waals surface area contributed by atoms with Gasteiger partial charge in [-0.05, 0) is 62.6 Å². The van der Waals surface area contributed by atoms with Crippen molar-refractivity contribution < 1.29 is 32.0 Å². The molecule has 0 amide bonds. The molecule has 1 saturated heterocycles. The number of alkyl halides is 3. The van der Waals surface area contributed by atoms with E-state index in [2.05, 4.69) is 5.32 Å². The van der Waals surface area contributed by atoms with E-state index in [1.54, 1.807) is 25.1 Å². The van der Waals surface area contributed by atoms with Crippen LogP contribution >= 0.6 is 11.6 Å². The summed E-state index contributed by atoms with van der Waals surface area (Å²) in [5.74, 6) is -0.200. The lowest BCUT2D eigenvalue weighted by Gasteiger charge is -2.24. The Hall–Kier alpha value is -2.14. The number of carbonyl (C=O) groups excluding carboxylic acids is 1. The zero-order valence-corrected chi connectivity index (χ0v) is 20.3. The number of rotatable bonds is 7. The zero-order valence-electron chi connectivity index (χ0n) is 18.7. The maximum atomic E-state index is 13.0. The monoisotopic (exact) mass is 520 g/mol. The van der Waals surface area contributed by atoms with Crippen molar-refractivity contribution in [3.63, 3.8) is 0 Å². The predicted molar refractivity (Wildman–Crippen MR) is 126 cm³/mol. The minimum absolute atomic E-state index is 0.0634. The summed E-state index contributed by atoms with van der Waals surface area (Å²) in [6.07, 6.45) is -2.18. The van der Waals surface area contributed by atoms with Crippen LogP contribution in [0.15, 0.2) is 53.4 Å². The first-order valence-electron chi connectivity index (χ1n) is 10.8. The summed E-state index contributed by atoms with van der Waals surface area (Å²) in [6.45, 7) is 3.66. The maximum absolute atomic E-state index is 13.0. The Morgan fingerprint density at radius 3 is 2.50 bits per heavy atom. The van der Waals surface area contributed by atoms with Gasteiger partial charge >= 0.3 is 12.1 Å². The molecule has 0 aliphatic carbocycles. The topological polar surface area (TPSA) is 78.9 Å². The molecule has 0 aromatic heterocycles. The van der Waals surface area contributed by atoms with E-state index < -0.39 is 35.2 Å². The highest BCUT2D eigenvalue weighted by atomic mass is 35.5. The summed E-state index contributed by atoms with van der Waals surface area (Å²) in [5.41, 5.74) is -1.13. The summed E-state index contributed by atoms with van der Waals surface area (Å²) < 4.78 is 57.8. The van der Waals surface area contributed by atoms with Gasteiger partial charge in [-0.1, -0.05) is 29.8 Å². The molecule has 0 radical (unpaired) electrons. The Balaban J connectivity index is 0.000000430. The minimum Gasteiger partial charge on any atom is -0.465 e. The van der Waals surface area contributed by atoms with Crippen LogP contribution in [0.5, 0.6) is 0 Å². The van der Waals surface area contributed by atoms with E-state index in [0.717, 1.165) is 35.6 Å². The van der Waals surface area contributed by atoms with Gasteiger partial charge in [-0.25, -0.2) is 4.21 Å². The highest BCUT2D eigenvalue weighted by Gasteiger charge is 2.32. The summed E-state index contributed by atoms with van der Waals surface area (Å²) in [4.78, 5) is 12.2. The van der Waals surface area contributed by atoms with E-state index in [9.17, 15) is 22.2 Å². The second-order valence-electron chi connectivity index (χ2n) is 7.46. The van der Waals surface area contributed by atoms with Gasteiger partial charge in [0, 0.05) is 13.2 Å². The molecule has 188 valence electrons. The van der Waals surface area contributed by atoms with E-state index in [1.807, 2.05) is 0 Å². The van der Waals surface area contributed by atoms with Crippen LogP contribution in [0.3, 0.4) is 0 Å². The van der Waals surface area contributed by atoms with Crippen molar-refractivity contribution in [3.8, 4) is 0 Å². The molecule has 0 spiro atoms. The summed E-state index contributed by atoms with van der Waals surface area (Å²) in [6, 6.07) is 10.7. The van der Waals surface area contributed by atoms with E-state index in [1.165, 1.54) is 25.0 Å². The molecule has 11 heteroatoms. The Bertz CT molecular complexity index is 942. The number of hydrogen-bond donors (Lipinski definition) is 2. The van der Waals surface area contributed by atoms with Crippen LogP contribution < -0.4 is 9.62 Å². The van der Waals surface area contributed by atoms with Crippen LogP contribution in [-0.4, -0.2) is 48.1 Å². The van der Waals surface area contributed by atoms with Crippen LogP contribution in [0.2, 0.25) is 5.02 Å². The molecule has 1 heterocycles. The van der Waals surface area contributed by atoms with Crippen LogP contribution in [0.25, 0.3) is 0 Å². The number of aliphatic hydroxyl groups excluding tert-OH is 1. The number of nitrogens with one attached hydrogen (secondary N) is 1. The van der Waals surface area contributed by atoms with Gasteiger partial charge in [-0.3, -0.25) is 9.10 Å². The van der Waals surface area contributed by atoms with Crippen molar-refractivity contribution in [1.29, 1.82) is 0 Å². The Labute approximate surface area is 204 Å². The average molecular weight is 521 g/mol. The normalized spacial score (nSPS) is 16.7. The van der Waals surface area contributed by atoms with Crippen molar-refractivity contribution in [2.45, 2.75) is 30.8 Å². The summed E-state index contributed by atoms with van der Waals surface area (Å²) in [7, 11) is -1.96. The first-order chi connectivity index (χ1) is 16.2. The summed E-state index contributed by atoms with van der Waals surface area (Å²) in [5, 5.41) is 11.8. The number of nitrogens with zero attached hydrogens (tertiary/aromatic N) is 1. The highest BCUT2D eigenvalue weighted by molar-refractivity contribution is 7.86. The molecule has 6 nitrogen and oxygen atoms in total. The Kier molecular flexibility index (Phi) is 11.3. The molecule has 1 fully saturated rings. The van der Waals surface area contributed by atoms with E-state index in [-0.39, 0.29) is 17.3 Å². The number of esters is 1. The number of aliphatic hydroxyl groups is 1. The van der Waals surface area contributed by atoms with Crippen molar-refractivity contribution in [2.75, 3.05) is 37.2 Å². The first kappa shape index (κ1) is 28.1. The van der Waals surface area contributed by atoms with Crippen molar-refractivity contribution in [1.82, 2.24) is 5.32 Å². The number of carbonyl (C=O) groups is 1. The van der Waals surface area contributed by atoms with Gasteiger partial charge in [0.2, 0.25) is 0 Å². The molecule has 0 bridgehead atoms. The van der Waals surface area contributed by atoms with Crippen molar-refractivity contribution in [3.05, 3.63) is 59.1 Å². The van der Waals surface area contributed by atoms with E-state index >= 15 is 0 Å². The molecular weight excluding hydrogens is 493 g/mol. The molecule has 0 saturated carbocycles. The van der Waals surface area contributed by atoms with Crippen molar-refractivity contribution in [2.24, 2.45) is 5.92 Å². The minimum atomic E-state index is -4.61. The SMILES string of the molecule is CCOC(=O)CN(c1cc(C(F)(F)F)ccc1Cl)S(=O)c1ccccc1.OCC1CCCNC1. The molecule has 1 aliphatic rings. The lowest BCUT2D eigenvalue weighted by Crippen LogP contribution is -2.33. The first-order valence-corrected chi connectivity index (χ1v) is 12.2. The van der Waals surface area contributed by atoms with Crippen LogP contribution in [0, 0.1) is 5.92 Å². The molecular formula is C23H28ClF3N2O4S. The van der Waals surface area contributed by atoms with Crippen LogP contribution in [0.1, 0.15) is 25.3 Å². The van der Waals surface area contributed by atoms with E-state index in [4.69, 9.17) is 21.4 Å². The predicted octanol–water partition coefficient (Wildman–Crippen LogP) is 4.43. The number of benzene rings is 2. The van der Waals surface area contributed by atoms with Crippen LogP contribution in [0.4, 0.5) is 18.9 Å². The van der Waals surface area contributed by atoms with Gasteiger partial charge in [0.1, 0.15) is 6.54 Å². The fourth-order valence-corrected chi connectivity index (χ4v) is 4.65. The number of hydrogen-bond acceptors (Lipinski definition) is 5. The fraction of sp³-hybridized carbons (Fsp3) is 0.435. The van der Waals surface area contributed by atoms with Gasteiger partial charge in [-0.15, -0.1) is 0 Å². The van der Waals surface area contributed by atoms with Gasteiger partial charge in [0.25, 0.3) is 0 Å². The molecule has 1 aliphatic heterocycles. The van der Waals surface area contributed by atoms with Crippen LogP contribution in [-0.2, 0) is 26.7 Å². The standard InChI is InChI=1S/C17H15ClF3NO3S.C6H13NO/c1-2-25-16(23)11-22(26(24)13-6-4-3-5-7-13)15-10-12(17(19,20)21)8-9-14(15)18;8-5-6-2-1-3-7-4-6/h3-10H,2,11H2,1H3;6-8H,1-5H2. The molecule has 2 N–H and O–H groups in total. The molecule has 3 rings (SSSR count). The molecule has 2 aromatic rings. The van der Waals surface area contributed by atoms with Crippen molar-refractivity contribution >= 4 is 34.2 Å². The molecule has 2 unspecified atom stereocenters. The molecule has 2 aromatic carbocycles. The second kappa shape index (κ2) is 13.7. The third-order valence-electron chi connectivity index (χ3n) is 4.92. The smallest absolute Gasteiger partial charge is 0.416 e. The number of halogens is 4. The number of anilines is 1. The van der Waals surface area contributed by atoms with E-state index in [0.29, 0.717) is 17.4 Å². The summed E-state index contributed by atoms with van der Waals surface area (Å²) >= 11 is 6.04. The number of ether oxygens (including phenoxy) is 1. The average Bonchev–Trinajstić information content (AvgIpc) is 2.83. The highest BCUT2D eigenvalue weighted by Crippen LogP contribution is 2.36. The third-order valence-corrected chi connectivity index (χ3v) is 6.64. The number of piperidine rings is 1. The molecule has 34 heavy (non-hydrogen) atoms. The quantitative estimate of drug-likeness (QED) is 0.528. The lowest BCUT2D eigenvalue weighted by molar-refractivity contribution is -0.141. The zero-order chi connectivity index (χ0) is 25.1. The van der Waals surface area contributed by atoms with Gasteiger partial charge < -0.3 is 15.2 Å². The van der Waals surface area contributed by atoms with Gasteiger partial charge in [0.15, 0.2) is 11.0 Å². The fourth-order valence-electron chi connectivity index (χ4n) is 3.18. The third kappa shape index (κ3) is 8.57. The molecule has 2 atom stereocenters. The lowest BCUT2D eigenvalue weighted by atomic mass is 10.0. The maximum Gasteiger partial charge on any atom is 0.416 e.